The Hall–Kier alpha value is -1.03. The number of rotatable bonds is 13. The Balaban J connectivity index is 0.000000456. The lowest BCUT2D eigenvalue weighted by atomic mass is 9.47. The number of allylic oxidation sites excluding steroid dienone is 1. The summed E-state index contributed by atoms with van der Waals surface area (Å²) in [5, 5.41) is 11.4. The van der Waals surface area contributed by atoms with E-state index in [9.17, 15) is 14.4 Å². The minimum Gasteiger partial charge on any atom is -0.481 e. The van der Waals surface area contributed by atoms with Gasteiger partial charge in [0.1, 0.15) is 6.29 Å². The van der Waals surface area contributed by atoms with Gasteiger partial charge in [-0.3, -0.25) is 9.59 Å². The van der Waals surface area contributed by atoms with Crippen LogP contribution >= 0.6 is 24.4 Å². The van der Waals surface area contributed by atoms with Crippen LogP contribution in [0, 0.1) is 46.3 Å². The number of carboxylic acids is 1. The van der Waals surface area contributed by atoms with Gasteiger partial charge in [-0.15, -0.1) is 11.8 Å². The Morgan fingerprint density at radius 1 is 1.11 bits per heavy atom. The zero-order valence-electron chi connectivity index (χ0n) is 27.9. The number of aldehydes is 1. The molecule has 0 bridgehead atoms. The van der Waals surface area contributed by atoms with Gasteiger partial charge in [-0.1, -0.05) is 65.5 Å². The number of hydrogen-bond acceptors (Lipinski definition) is 7. The number of fused-ring (bicyclic) bond motifs is 5. The Bertz CT molecular complexity index is 1010. The molecule has 3 fully saturated rings. The third kappa shape index (κ3) is 9.07. The van der Waals surface area contributed by atoms with Crippen LogP contribution in [0.2, 0.25) is 0 Å². The first-order chi connectivity index (χ1) is 20.8. The van der Waals surface area contributed by atoms with Crippen molar-refractivity contribution in [2.24, 2.45) is 57.8 Å². The summed E-state index contributed by atoms with van der Waals surface area (Å²) in [7, 11) is 0. The molecule has 0 spiro atoms. The van der Waals surface area contributed by atoms with E-state index in [0.29, 0.717) is 28.6 Å². The molecule has 6 N–H and O–H groups in total. The summed E-state index contributed by atoms with van der Waals surface area (Å²) in [6.07, 6.45) is 17.8. The molecule has 3 saturated carbocycles. The maximum absolute atomic E-state index is 12.4. The molecule has 252 valence electrons. The van der Waals surface area contributed by atoms with E-state index in [2.05, 4.69) is 58.6 Å². The molecular weight excluding hydrogens is 591 g/mol. The van der Waals surface area contributed by atoms with Crippen molar-refractivity contribution in [3.05, 3.63) is 11.6 Å². The van der Waals surface area contributed by atoms with Crippen LogP contribution in [0.15, 0.2) is 11.6 Å². The van der Waals surface area contributed by atoms with Crippen LogP contribution in [0.5, 0.6) is 0 Å². The van der Waals surface area contributed by atoms with E-state index in [1.165, 1.54) is 57.8 Å². The number of carboxylic acid groups (broad SMARTS) is 1. The number of thiol groups is 1. The summed E-state index contributed by atoms with van der Waals surface area (Å²) in [6.45, 7) is 12.5. The molecule has 4 aliphatic carbocycles. The number of nitrogens with two attached hydrogens (primary N) is 2. The zero-order valence-corrected chi connectivity index (χ0v) is 29.6. The van der Waals surface area contributed by atoms with Crippen molar-refractivity contribution in [3.8, 4) is 0 Å². The second-order valence-corrected chi connectivity index (χ2v) is 16.6. The Morgan fingerprint density at radius 3 is 2.48 bits per heavy atom. The number of thioether (sulfide) groups is 1. The van der Waals surface area contributed by atoms with Gasteiger partial charge < -0.3 is 26.7 Å². The van der Waals surface area contributed by atoms with E-state index in [-0.39, 0.29) is 17.7 Å². The summed E-state index contributed by atoms with van der Waals surface area (Å²) >= 11 is 5.33. The van der Waals surface area contributed by atoms with Gasteiger partial charge in [0.05, 0.1) is 17.8 Å². The van der Waals surface area contributed by atoms with Crippen LogP contribution in [-0.2, 0) is 14.4 Å². The largest absolute Gasteiger partial charge is 0.481 e. The van der Waals surface area contributed by atoms with Gasteiger partial charge in [0.15, 0.2) is 0 Å². The summed E-state index contributed by atoms with van der Waals surface area (Å²) < 4.78 is 0. The average molecular weight is 652 g/mol. The molecule has 0 aromatic carbocycles. The highest BCUT2D eigenvalue weighted by molar-refractivity contribution is 8.00. The first-order valence-corrected chi connectivity index (χ1v) is 18.9. The van der Waals surface area contributed by atoms with E-state index in [4.69, 9.17) is 16.6 Å². The van der Waals surface area contributed by atoms with E-state index < -0.39 is 18.1 Å². The quantitative estimate of drug-likeness (QED) is 0.0923. The third-order valence-corrected chi connectivity index (χ3v) is 13.4. The molecule has 3 unspecified atom stereocenters. The van der Waals surface area contributed by atoms with Crippen molar-refractivity contribution >= 4 is 42.6 Å². The molecule has 10 atom stereocenters. The monoisotopic (exact) mass is 651 g/mol. The van der Waals surface area contributed by atoms with Crippen LogP contribution in [0.25, 0.3) is 0 Å². The summed E-state index contributed by atoms with van der Waals surface area (Å²) in [6, 6.07) is -0.796. The Kier molecular flexibility index (Phi) is 14.2. The maximum atomic E-state index is 12.4. The average Bonchev–Trinajstić information content (AvgIpc) is 3.34. The molecule has 9 heteroatoms. The lowest BCUT2D eigenvalue weighted by Gasteiger charge is -2.58. The highest BCUT2D eigenvalue weighted by atomic mass is 32.2. The Labute approximate surface area is 276 Å². The van der Waals surface area contributed by atoms with Crippen molar-refractivity contribution in [3.63, 3.8) is 0 Å². The minimum absolute atomic E-state index is 0.00153. The lowest BCUT2D eigenvalue weighted by molar-refractivity contribution is -0.134. The second-order valence-electron chi connectivity index (χ2n) is 15.2. The molecule has 7 nitrogen and oxygen atoms in total. The molecule has 44 heavy (non-hydrogen) atoms. The summed E-state index contributed by atoms with van der Waals surface area (Å²) in [4.78, 5) is 32.2. The molecule has 0 saturated heterocycles. The molecule has 4 rings (SSSR count). The van der Waals surface area contributed by atoms with Gasteiger partial charge in [-0.2, -0.15) is 12.6 Å². The lowest BCUT2D eigenvalue weighted by Crippen LogP contribution is -2.53. The number of nitrogens with one attached hydrogen (secondary N) is 1. The van der Waals surface area contributed by atoms with Crippen LogP contribution < -0.4 is 16.8 Å². The van der Waals surface area contributed by atoms with Gasteiger partial charge in [-0.05, 0) is 97.7 Å². The fourth-order valence-corrected chi connectivity index (χ4v) is 10.3. The fourth-order valence-electron chi connectivity index (χ4n) is 9.52. The maximum Gasteiger partial charge on any atom is 0.313 e. The van der Waals surface area contributed by atoms with Crippen LogP contribution in [0.1, 0.15) is 105 Å². The third-order valence-electron chi connectivity index (χ3n) is 11.9. The molecule has 0 aromatic rings. The molecule has 1 amide bonds. The number of amides is 1. The second kappa shape index (κ2) is 16.7. The van der Waals surface area contributed by atoms with E-state index in [1.807, 2.05) is 0 Å². The topological polar surface area (TPSA) is 136 Å². The first kappa shape index (κ1) is 37.4. The van der Waals surface area contributed by atoms with Crippen molar-refractivity contribution in [2.75, 3.05) is 17.3 Å². The van der Waals surface area contributed by atoms with Crippen LogP contribution in [0.4, 0.5) is 0 Å². The van der Waals surface area contributed by atoms with Gasteiger partial charge in [0.2, 0.25) is 5.91 Å². The van der Waals surface area contributed by atoms with Gasteiger partial charge in [0.25, 0.3) is 0 Å². The molecule has 0 radical (unpaired) electrons. The Morgan fingerprint density at radius 2 is 1.84 bits per heavy atom. The number of carbonyl (C=O) groups is 3. The van der Waals surface area contributed by atoms with Crippen molar-refractivity contribution in [1.82, 2.24) is 5.32 Å². The molecular formula is C35H61N3O4S2. The predicted molar refractivity (Wildman–Crippen MR) is 186 cm³/mol. The smallest absolute Gasteiger partial charge is 0.313 e. The number of hydrogen-bond donors (Lipinski definition) is 5. The predicted octanol–water partition coefficient (Wildman–Crippen LogP) is 6.10. The standard InChI is InChI=1S/C30H52N2OS.C5H9NO3S/c1-19(2)7-6-8-20(3)24-11-12-25-23-10-9-21-17-22(32-28(33)27(31)18-34)13-15-29(21,4)26(23)14-16-30(24,25)5;6-4(1-7)2-10-3-5(8)9/h9,19-20,22-27,34H,6-8,10-18,31H2,1-5H3,(H,32,33);1,4H,2-3,6H2,(H,8,9)/t20-,22?,23+,24-,25+,26+,27?,29+,30-;/m1./s1. The van der Waals surface area contributed by atoms with Gasteiger partial charge >= 0.3 is 5.97 Å². The van der Waals surface area contributed by atoms with Gasteiger partial charge in [-0.25, -0.2) is 0 Å². The highest BCUT2D eigenvalue weighted by Gasteiger charge is 2.59. The van der Waals surface area contributed by atoms with Crippen molar-refractivity contribution in [1.29, 1.82) is 0 Å². The zero-order chi connectivity index (χ0) is 32.7. The summed E-state index contributed by atoms with van der Waals surface area (Å²) in [5.74, 6) is 5.09. The van der Waals surface area contributed by atoms with Crippen molar-refractivity contribution < 1.29 is 19.5 Å². The van der Waals surface area contributed by atoms with E-state index in [1.54, 1.807) is 5.57 Å². The SMILES string of the molecule is CC(C)CCC[C@@H](C)[C@H]1CC[C@H]2[C@@H]3CC=C4CC(NC(=O)C(N)CS)CC[C@]4(C)[C@H]3CC[C@]12C.NC(C=O)CSCC(=O)O. The van der Waals surface area contributed by atoms with Crippen LogP contribution in [0.3, 0.4) is 0 Å². The molecule has 0 heterocycles. The molecule has 0 aromatic heterocycles. The first-order valence-electron chi connectivity index (χ1n) is 17.1. The van der Waals surface area contributed by atoms with E-state index >= 15 is 0 Å². The number of carbonyl (C=O) groups excluding carboxylic acids is 2. The number of aliphatic carboxylic acids is 1. The van der Waals surface area contributed by atoms with Gasteiger partial charge in [0, 0.05) is 17.5 Å². The fraction of sp³-hybridized carbons (Fsp3) is 0.857. The minimum atomic E-state index is -0.886. The molecule has 4 aliphatic rings. The van der Waals surface area contributed by atoms with Crippen molar-refractivity contribution in [2.45, 2.75) is 123 Å². The summed E-state index contributed by atoms with van der Waals surface area (Å²) in [5.41, 5.74) is 13.6. The normalized spacial score (nSPS) is 34.7. The molecule has 0 aliphatic heterocycles. The van der Waals surface area contributed by atoms with E-state index in [0.717, 1.165) is 60.1 Å². The highest BCUT2D eigenvalue weighted by Crippen LogP contribution is 2.67. The van der Waals surface area contributed by atoms with Crippen LogP contribution in [-0.4, -0.2) is 58.7 Å².